The summed E-state index contributed by atoms with van der Waals surface area (Å²) in [5.74, 6) is 1.98. The van der Waals surface area contributed by atoms with E-state index in [0.717, 1.165) is 24.2 Å². The summed E-state index contributed by atoms with van der Waals surface area (Å²) in [5, 5.41) is 4.60. The first-order chi connectivity index (χ1) is 11.2. The highest BCUT2D eigenvalue weighted by Crippen LogP contribution is 2.26. The highest BCUT2D eigenvalue weighted by molar-refractivity contribution is 14.1. The van der Waals surface area contributed by atoms with E-state index in [2.05, 4.69) is 44.6 Å². The van der Waals surface area contributed by atoms with Crippen LogP contribution in [-0.2, 0) is 6.42 Å². The minimum absolute atomic E-state index is 0.194. The average molecular weight is 424 g/mol. The predicted octanol–water partition coefficient (Wildman–Crippen LogP) is 3.04. The molecule has 0 radical (unpaired) electrons. The second-order valence-electron chi connectivity index (χ2n) is 5.06. The van der Waals surface area contributed by atoms with Crippen molar-refractivity contribution in [2.24, 2.45) is 0 Å². The van der Waals surface area contributed by atoms with E-state index in [1.165, 1.54) is 0 Å². The third kappa shape index (κ3) is 2.97. The molecule has 0 atom stereocenters. The molecular formula is C16H17IN4O2. The van der Waals surface area contributed by atoms with Crippen molar-refractivity contribution in [1.82, 2.24) is 19.6 Å². The minimum Gasteiger partial charge on any atom is -0.493 e. The Morgan fingerprint density at radius 3 is 2.83 bits per heavy atom. The first kappa shape index (κ1) is 16.0. The lowest BCUT2D eigenvalue weighted by molar-refractivity contribution is 0.341. The summed E-state index contributed by atoms with van der Waals surface area (Å²) in [6.45, 7) is 4.55. The molecule has 120 valence electrons. The lowest BCUT2D eigenvalue weighted by Crippen LogP contribution is -2.15. The van der Waals surface area contributed by atoms with E-state index in [-0.39, 0.29) is 5.56 Å². The number of imidazole rings is 1. The summed E-state index contributed by atoms with van der Waals surface area (Å²) >= 11 is 2.07. The molecule has 3 aromatic rings. The molecule has 2 aromatic heterocycles. The van der Waals surface area contributed by atoms with Gasteiger partial charge in [0.1, 0.15) is 15.3 Å². The first-order valence-corrected chi connectivity index (χ1v) is 8.63. The molecular weight excluding hydrogens is 407 g/mol. The molecule has 0 bridgehead atoms. The molecule has 0 amide bonds. The molecule has 1 N–H and O–H groups in total. The van der Waals surface area contributed by atoms with Crippen molar-refractivity contribution in [2.45, 2.75) is 26.7 Å². The fourth-order valence-electron chi connectivity index (χ4n) is 2.47. The van der Waals surface area contributed by atoms with Gasteiger partial charge in [-0.1, -0.05) is 19.1 Å². The van der Waals surface area contributed by atoms with Gasteiger partial charge in [-0.25, -0.2) is 9.50 Å². The van der Waals surface area contributed by atoms with E-state index >= 15 is 0 Å². The molecule has 0 saturated carbocycles. The number of hydrogen-bond donors (Lipinski definition) is 1. The van der Waals surface area contributed by atoms with E-state index in [0.29, 0.717) is 27.4 Å². The van der Waals surface area contributed by atoms with E-state index < -0.39 is 0 Å². The highest BCUT2D eigenvalue weighted by Gasteiger charge is 2.16. The van der Waals surface area contributed by atoms with Crippen molar-refractivity contribution in [1.29, 1.82) is 0 Å². The first-order valence-electron chi connectivity index (χ1n) is 7.55. The molecule has 0 aliphatic carbocycles. The van der Waals surface area contributed by atoms with Crippen molar-refractivity contribution < 1.29 is 4.74 Å². The topological polar surface area (TPSA) is 72.3 Å². The molecule has 2 heterocycles. The number of fused-ring (bicyclic) bond motifs is 1. The maximum atomic E-state index is 12.5. The maximum Gasteiger partial charge on any atom is 0.278 e. The molecule has 23 heavy (non-hydrogen) atoms. The number of para-hydroxylation sites is 1. The SMILES string of the molecule is CCCc1nc(I)c2c(=O)[nH]c(-c3ccccc3OCC)nn12. The molecule has 0 aliphatic rings. The smallest absolute Gasteiger partial charge is 0.278 e. The summed E-state index contributed by atoms with van der Waals surface area (Å²) in [4.78, 5) is 19.8. The number of aromatic amines is 1. The molecule has 0 fully saturated rings. The van der Waals surface area contributed by atoms with Gasteiger partial charge in [-0.3, -0.25) is 4.79 Å². The molecule has 0 aliphatic heterocycles. The molecule has 0 unspecified atom stereocenters. The van der Waals surface area contributed by atoms with Gasteiger partial charge in [0.05, 0.1) is 12.2 Å². The third-order valence-electron chi connectivity index (χ3n) is 3.44. The van der Waals surface area contributed by atoms with E-state index in [1.54, 1.807) is 4.52 Å². The molecule has 0 saturated heterocycles. The van der Waals surface area contributed by atoms with Crippen molar-refractivity contribution in [3.05, 3.63) is 44.1 Å². The van der Waals surface area contributed by atoms with Crippen LogP contribution in [0.15, 0.2) is 29.1 Å². The maximum absolute atomic E-state index is 12.5. The van der Waals surface area contributed by atoms with Crippen molar-refractivity contribution in [3.8, 4) is 17.1 Å². The van der Waals surface area contributed by atoms with Gasteiger partial charge < -0.3 is 9.72 Å². The minimum atomic E-state index is -0.194. The van der Waals surface area contributed by atoms with Crippen molar-refractivity contribution in [3.63, 3.8) is 0 Å². The fraction of sp³-hybridized carbons (Fsp3) is 0.312. The highest BCUT2D eigenvalue weighted by atomic mass is 127. The number of ether oxygens (including phenoxy) is 1. The lowest BCUT2D eigenvalue weighted by Gasteiger charge is -2.09. The Labute approximate surface area is 147 Å². The summed E-state index contributed by atoms with van der Waals surface area (Å²) in [6.07, 6.45) is 1.71. The van der Waals surface area contributed by atoms with Crippen LogP contribution in [-0.4, -0.2) is 26.2 Å². The number of nitrogens with zero attached hydrogens (tertiary/aromatic N) is 3. The monoisotopic (exact) mass is 424 g/mol. The van der Waals surface area contributed by atoms with Crippen molar-refractivity contribution >= 4 is 28.1 Å². The standard InChI is InChI=1S/C16H17IN4O2/c1-3-7-12-18-14(17)13-16(22)19-15(20-21(12)13)10-8-5-6-9-11(10)23-4-2/h5-6,8-9H,3-4,7H2,1-2H3,(H,19,20,22). The number of hydrogen-bond acceptors (Lipinski definition) is 4. The van der Waals surface area contributed by atoms with E-state index in [1.807, 2.05) is 31.2 Å². The van der Waals surface area contributed by atoms with Crippen LogP contribution in [0, 0.1) is 3.70 Å². The Balaban J connectivity index is 2.24. The van der Waals surface area contributed by atoms with Crippen LogP contribution in [0.25, 0.3) is 16.9 Å². The van der Waals surface area contributed by atoms with Crippen LogP contribution in [0.4, 0.5) is 0 Å². The van der Waals surface area contributed by atoms with Gasteiger partial charge in [-0.05, 0) is 48.1 Å². The molecule has 1 aromatic carbocycles. The van der Waals surface area contributed by atoms with Gasteiger partial charge in [0, 0.05) is 6.42 Å². The number of rotatable bonds is 5. The molecule has 0 spiro atoms. The Kier molecular flexibility index (Phi) is 4.65. The van der Waals surface area contributed by atoms with Gasteiger partial charge in [0.2, 0.25) is 0 Å². The lowest BCUT2D eigenvalue weighted by atomic mass is 10.2. The Hall–Kier alpha value is -1.90. The zero-order valence-electron chi connectivity index (χ0n) is 13.0. The van der Waals surface area contributed by atoms with E-state index in [4.69, 9.17) is 4.74 Å². The summed E-state index contributed by atoms with van der Waals surface area (Å²) in [6, 6.07) is 7.55. The van der Waals surface area contributed by atoms with Gasteiger partial charge >= 0.3 is 0 Å². The zero-order valence-corrected chi connectivity index (χ0v) is 15.1. The molecule has 7 heteroatoms. The largest absolute Gasteiger partial charge is 0.493 e. The van der Waals surface area contributed by atoms with Gasteiger partial charge in [0.15, 0.2) is 11.3 Å². The summed E-state index contributed by atoms with van der Waals surface area (Å²) < 4.78 is 7.96. The van der Waals surface area contributed by atoms with Gasteiger partial charge in [0.25, 0.3) is 5.56 Å². The Morgan fingerprint density at radius 1 is 1.30 bits per heavy atom. The predicted molar refractivity (Wildman–Crippen MR) is 96.9 cm³/mol. The number of halogens is 1. The summed E-state index contributed by atoms with van der Waals surface area (Å²) in [5.41, 5.74) is 1.06. The van der Waals surface area contributed by atoms with E-state index in [9.17, 15) is 4.79 Å². The number of benzene rings is 1. The Morgan fingerprint density at radius 2 is 2.09 bits per heavy atom. The van der Waals surface area contributed by atoms with Crippen LogP contribution < -0.4 is 10.3 Å². The fourth-order valence-corrected chi connectivity index (χ4v) is 3.22. The van der Waals surface area contributed by atoms with Gasteiger partial charge in [-0.15, -0.1) is 5.10 Å². The average Bonchev–Trinajstić information content (AvgIpc) is 2.85. The number of nitrogens with one attached hydrogen (secondary N) is 1. The number of aromatic nitrogens is 4. The summed E-state index contributed by atoms with van der Waals surface area (Å²) in [7, 11) is 0. The number of H-pyrrole nitrogens is 1. The van der Waals surface area contributed by atoms with Crippen LogP contribution in [0.2, 0.25) is 0 Å². The molecule has 6 nitrogen and oxygen atoms in total. The Bertz CT molecular complexity index is 901. The van der Waals surface area contributed by atoms with Crippen LogP contribution >= 0.6 is 22.6 Å². The number of aryl methyl sites for hydroxylation is 1. The van der Waals surface area contributed by atoms with Crippen LogP contribution in [0.3, 0.4) is 0 Å². The third-order valence-corrected chi connectivity index (χ3v) is 4.19. The normalized spacial score (nSPS) is 11.1. The quantitative estimate of drug-likeness (QED) is 0.640. The molecule has 3 rings (SSSR count). The second-order valence-corrected chi connectivity index (χ2v) is 6.08. The van der Waals surface area contributed by atoms with Crippen LogP contribution in [0.1, 0.15) is 26.1 Å². The van der Waals surface area contributed by atoms with Crippen molar-refractivity contribution in [2.75, 3.05) is 6.61 Å². The van der Waals surface area contributed by atoms with Gasteiger partial charge in [-0.2, -0.15) is 0 Å². The van der Waals surface area contributed by atoms with Crippen LogP contribution in [0.5, 0.6) is 5.75 Å². The zero-order chi connectivity index (χ0) is 16.4. The second kappa shape index (κ2) is 6.69.